The van der Waals surface area contributed by atoms with Crippen LogP contribution in [0.4, 0.5) is 0 Å². The summed E-state index contributed by atoms with van der Waals surface area (Å²) in [4.78, 5) is 5.55. The summed E-state index contributed by atoms with van der Waals surface area (Å²) in [7, 11) is -1.09. The first kappa shape index (κ1) is 40.0. The Morgan fingerprint density at radius 1 is 0.625 bits per heavy atom. The third-order valence-corrected chi connectivity index (χ3v) is 11.7. The summed E-state index contributed by atoms with van der Waals surface area (Å²) in [6.07, 6.45) is 14.7. The Hall–Kier alpha value is -4.20. The van der Waals surface area contributed by atoms with Crippen molar-refractivity contribution >= 4 is 57.7 Å². The molecule has 0 radical (unpaired) electrons. The van der Waals surface area contributed by atoms with E-state index in [-0.39, 0.29) is 0 Å². The Balaban J connectivity index is 1.33. The molecule has 0 spiro atoms. The Bertz CT molecular complexity index is 2190. The van der Waals surface area contributed by atoms with Crippen LogP contribution < -0.4 is 15.7 Å². The number of fused-ring (bicyclic) bond motifs is 6. The lowest BCUT2D eigenvalue weighted by Gasteiger charge is -2.16. The number of hydrogen-bond donors (Lipinski definition) is 0. The SMILES string of the molecule is C=C1OB(c2ccc3c4ccc(B5OC(=C)C(C)(C)O5)cc4c4c(nc(-c5ccc(OCCCCCCCC)cc5)n4CCCCCCCC)c3c2)OC1(C)C. The molecule has 3 heterocycles. The van der Waals surface area contributed by atoms with Crippen molar-refractivity contribution in [1.29, 1.82) is 0 Å². The van der Waals surface area contributed by atoms with Gasteiger partial charge in [0, 0.05) is 22.9 Å². The van der Waals surface area contributed by atoms with Crippen LogP contribution in [0, 0.1) is 0 Å². The van der Waals surface area contributed by atoms with Crippen molar-refractivity contribution < 1.29 is 23.4 Å². The molecule has 0 atom stereocenters. The molecule has 5 aromatic rings. The van der Waals surface area contributed by atoms with E-state index in [2.05, 4.69) is 92.2 Å². The smallest absolute Gasteiger partial charge is 0.534 e. The molecular weight excluding hydrogens is 694 g/mol. The lowest BCUT2D eigenvalue weighted by Crippen LogP contribution is -2.34. The van der Waals surface area contributed by atoms with E-state index in [0.717, 1.165) is 86.6 Å². The van der Waals surface area contributed by atoms with Crippen LogP contribution >= 0.6 is 0 Å². The lowest BCUT2D eigenvalue weighted by molar-refractivity contribution is 0.172. The van der Waals surface area contributed by atoms with Gasteiger partial charge >= 0.3 is 14.2 Å². The molecule has 56 heavy (non-hydrogen) atoms. The second-order valence-electron chi connectivity index (χ2n) is 16.8. The molecular formula is C47H60B2N2O5. The van der Waals surface area contributed by atoms with E-state index in [4.69, 9.17) is 28.3 Å². The van der Waals surface area contributed by atoms with Gasteiger partial charge in [-0.05, 0) is 86.5 Å². The minimum Gasteiger partial charge on any atom is -0.534 e. The maximum atomic E-state index is 6.39. The fraction of sp³-hybridized carbons (Fsp3) is 0.468. The highest BCUT2D eigenvalue weighted by Gasteiger charge is 2.44. The topological polar surface area (TPSA) is 64.0 Å². The minimum atomic E-state index is -0.574. The average molecular weight is 755 g/mol. The third-order valence-electron chi connectivity index (χ3n) is 11.7. The van der Waals surface area contributed by atoms with Crippen molar-refractivity contribution in [3.8, 4) is 17.1 Å². The van der Waals surface area contributed by atoms with Crippen LogP contribution in [0.3, 0.4) is 0 Å². The van der Waals surface area contributed by atoms with Crippen molar-refractivity contribution in [1.82, 2.24) is 9.55 Å². The molecule has 7 rings (SSSR count). The number of imidazole rings is 1. The standard InChI is InChI=1S/C47H60B2N2O5/c1-9-11-13-15-17-19-29-51-44-42-32-37(49-54-34(4)47(7,8)56-49)24-28-40(42)39-27-23-36(48-53-33(3)46(5,6)55-48)31-41(39)43(44)50-45(51)35-21-25-38(26-22-35)52-30-20-18-16-14-12-10-2/h21-28,31-32H,3-4,9-20,29-30H2,1-2,5-8H3. The number of aryl methyl sites for hydroxylation is 1. The van der Waals surface area contributed by atoms with Crippen LogP contribution in [-0.4, -0.2) is 41.6 Å². The molecule has 2 aliphatic heterocycles. The highest BCUT2D eigenvalue weighted by Crippen LogP contribution is 2.39. The fourth-order valence-corrected chi connectivity index (χ4v) is 7.98. The quantitative estimate of drug-likeness (QED) is 0.0504. The molecule has 2 fully saturated rings. The van der Waals surface area contributed by atoms with E-state index in [1.807, 2.05) is 27.7 Å². The van der Waals surface area contributed by atoms with Gasteiger partial charge in [-0.25, -0.2) is 4.98 Å². The van der Waals surface area contributed by atoms with Crippen LogP contribution in [-0.2, 0) is 25.2 Å². The highest BCUT2D eigenvalue weighted by atomic mass is 16.7. The second kappa shape index (κ2) is 17.1. The molecule has 0 amide bonds. The first-order chi connectivity index (χ1) is 27.0. The van der Waals surface area contributed by atoms with E-state index in [0.29, 0.717) is 11.5 Å². The lowest BCUT2D eigenvalue weighted by atomic mass is 9.76. The van der Waals surface area contributed by atoms with E-state index >= 15 is 0 Å². The van der Waals surface area contributed by atoms with Gasteiger partial charge in [-0.1, -0.05) is 128 Å². The van der Waals surface area contributed by atoms with Gasteiger partial charge in [-0.3, -0.25) is 0 Å². The van der Waals surface area contributed by atoms with Crippen LogP contribution in [0.25, 0.3) is 44.0 Å². The Labute approximate surface area is 335 Å². The third kappa shape index (κ3) is 8.40. The van der Waals surface area contributed by atoms with Crippen LogP contribution in [0.15, 0.2) is 85.3 Å². The van der Waals surface area contributed by atoms with Crippen molar-refractivity contribution in [2.24, 2.45) is 0 Å². The van der Waals surface area contributed by atoms with Crippen LogP contribution in [0.5, 0.6) is 5.75 Å². The number of rotatable bonds is 18. The summed E-state index contributed by atoms with van der Waals surface area (Å²) in [6.45, 7) is 22.4. The largest absolute Gasteiger partial charge is 0.563 e. The minimum absolute atomic E-state index is 0.540. The normalized spacial score (nSPS) is 16.4. The zero-order chi connectivity index (χ0) is 39.5. The Morgan fingerprint density at radius 2 is 1.14 bits per heavy atom. The Morgan fingerprint density at radius 3 is 1.70 bits per heavy atom. The number of ether oxygens (including phenoxy) is 1. The number of benzene rings is 4. The Kier molecular flexibility index (Phi) is 12.2. The zero-order valence-corrected chi connectivity index (χ0v) is 34.7. The van der Waals surface area contributed by atoms with Crippen LogP contribution in [0.2, 0.25) is 0 Å². The van der Waals surface area contributed by atoms with Crippen molar-refractivity contribution in [2.75, 3.05) is 6.61 Å². The number of nitrogens with zero attached hydrogens (tertiary/aromatic N) is 2. The van der Waals surface area contributed by atoms with Gasteiger partial charge in [0.2, 0.25) is 0 Å². The molecule has 0 N–H and O–H groups in total. The van der Waals surface area contributed by atoms with E-state index < -0.39 is 25.4 Å². The summed E-state index contributed by atoms with van der Waals surface area (Å²) in [5, 5.41) is 4.44. The summed E-state index contributed by atoms with van der Waals surface area (Å²) in [6, 6.07) is 21.6. The van der Waals surface area contributed by atoms with E-state index in [1.165, 1.54) is 64.2 Å². The molecule has 9 heteroatoms. The van der Waals surface area contributed by atoms with Crippen molar-refractivity contribution in [2.45, 2.75) is 136 Å². The second-order valence-corrected chi connectivity index (χ2v) is 16.8. The van der Waals surface area contributed by atoms with Gasteiger partial charge in [-0.2, -0.15) is 0 Å². The summed E-state index contributed by atoms with van der Waals surface area (Å²) in [5.41, 5.74) is 3.86. The zero-order valence-electron chi connectivity index (χ0n) is 34.7. The number of unbranched alkanes of at least 4 members (excludes halogenated alkanes) is 10. The molecule has 2 saturated heterocycles. The molecule has 0 saturated carbocycles. The monoisotopic (exact) mass is 754 g/mol. The summed E-state index contributed by atoms with van der Waals surface area (Å²) >= 11 is 0. The molecule has 294 valence electrons. The first-order valence-electron chi connectivity index (χ1n) is 21.2. The van der Waals surface area contributed by atoms with Gasteiger partial charge in [0.1, 0.15) is 22.8 Å². The van der Waals surface area contributed by atoms with Gasteiger partial charge in [0.05, 0.1) is 29.2 Å². The molecule has 2 aliphatic rings. The van der Waals surface area contributed by atoms with Gasteiger partial charge in [0.15, 0.2) is 0 Å². The molecule has 7 nitrogen and oxygen atoms in total. The average Bonchev–Trinajstić information content (AvgIpc) is 3.80. The van der Waals surface area contributed by atoms with Crippen LogP contribution in [0.1, 0.15) is 119 Å². The van der Waals surface area contributed by atoms with Crippen molar-refractivity contribution in [3.63, 3.8) is 0 Å². The molecule has 1 aromatic heterocycles. The number of hydrogen-bond acceptors (Lipinski definition) is 6. The van der Waals surface area contributed by atoms with Gasteiger partial charge < -0.3 is 27.9 Å². The number of aromatic nitrogens is 2. The van der Waals surface area contributed by atoms with E-state index in [9.17, 15) is 0 Å². The maximum Gasteiger partial charge on any atom is 0.563 e. The highest BCUT2D eigenvalue weighted by molar-refractivity contribution is 6.63. The van der Waals surface area contributed by atoms with E-state index in [1.54, 1.807) is 0 Å². The fourth-order valence-electron chi connectivity index (χ4n) is 7.98. The maximum absolute atomic E-state index is 6.39. The first-order valence-corrected chi connectivity index (χ1v) is 21.2. The van der Waals surface area contributed by atoms with Crippen molar-refractivity contribution in [3.05, 3.63) is 85.3 Å². The predicted octanol–water partition coefficient (Wildman–Crippen LogP) is 11.2. The van der Waals surface area contributed by atoms with Gasteiger partial charge in [0.25, 0.3) is 0 Å². The molecule has 0 aliphatic carbocycles. The molecule has 0 bridgehead atoms. The molecule has 0 unspecified atom stereocenters. The predicted molar refractivity (Wildman–Crippen MR) is 234 cm³/mol. The molecule has 4 aromatic carbocycles. The summed E-state index contributed by atoms with van der Waals surface area (Å²) < 4.78 is 33.8. The summed E-state index contributed by atoms with van der Waals surface area (Å²) in [5.74, 6) is 3.11. The van der Waals surface area contributed by atoms with Gasteiger partial charge in [-0.15, -0.1) is 0 Å².